The number of hydrogen-bond donors (Lipinski definition) is 2. The van der Waals surface area contributed by atoms with Crippen molar-refractivity contribution in [2.75, 3.05) is 11.9 Å². The summed E-state index contributed by atoms with van der Waals surface area (Å²) in [5.41, 5.74) is 1.82. The minimum Gasteiger partial charge on any atom is -0.352 e. The zero-order valence-electron chi connectivity index (χ0n) is 15.5. The van der Waals surface area contributed by atoms with E-state index in [9.17, 15) is 9.59 Å². The largest absolute Gasteiger partial charge is 0.352 e. The van der Waals surface area contributed by atoms with E-state index in [0.29, 0.717) is 17.9 Å². The summed E-state index contributed by atoms with van der Waals surface area (Å²) in [6.45, 7) is 2.02. The van der Waals surface area contributed by atoms with E-state index in [1.165, 1.54) is 24.2 Å². The fourth-order valence-electron chi connectivity index (χ4n) is 2.63. The molecule has 0 spiro atoms. The van der Waals surface area contributed by atoms with Gasteiger partial charge in [0.05, 0.1) is 5.56 Å². The van der Waals surface area contributed by atoms with Gasteiger partial charge in [0.2, 0.25) is 5.91 Å². The molecule has 3 aromatic rings. The van der Waals surface area contributed by atoms with Crippen LogP contribution in [0, 0.1) is 0 Å². The van der Waals surface area contributed by atoms with Gasteiger partial charge in [-0.15, -0.1) is 0 Å². The van der Waals surface area contributed by atoms with Crippen LogP contribution < -0.4 is 10.6 Å². The molecule has 3 rings (SSSR count). The maximum atomic E-state index is 12.6. The van der Waals surface area contributed by atoms with Gasteiger partial charge in [0, 0.05) is 29.5 Å². The molecule has 142 valence electrons. The summed E-state index contributed by atoms with van der Waals surface area (Å²) in [6.07, 6.45) is 2.47. The van der Waals surface area contributed by atoms with E-state index in [1.807, 2.05) is 60.7 Å². The molecule has 0 fully saturated rings. The molecule has 0 radical (unpaired) electrons. The topological polar surface area (TPSA) is 71.1 Å². The lowest BCUT2D eigenvalue weighted by Gasteiger charge is -2.10. The average Bonchev–Trinajstić information content (AvgIpc) is 2.70. The number of benzene rings is 2. The van der Waals surface area contributed by atoms with Crippen LogP contribution in [-0.4, -0.2) is 23.3 Å². The first-order chi connectivity index (χ1) is 13.6. The second-order valence-electron chi connectivity index (χ2n) is 6.15. The molecule has 1 heterocycles. The van der Waals surface area contributed by atoms with Gasteiger partial charge >= 0.3 is 0 Å². The molecule has 0 bridgehead atoms. The fraction of sp³-hybridized carbons (Fsp3) is 0.136. The quantitative estimate of drug-likeness (QED) is 0.634. The standard InChI is InChI=1S/C22H21N3O2S/c1-16(26)25-21-12-11-18(15-24-21)28-20-10-6-5-9-19(20)22(27)23-14-13-17-7-3-2-4-8-17/h2-12,15H,13-14H2,1H3,(H,23,27)(H,24,25,26). The fourth-order valence-corrected chi connectivity index (χ4v) is 3.54. The predicted octanol–water partition coefficient (Wildman–Crippen LogP) is 4.16. The zero-order valence-corrected chi connectivity index (χ0v) is 16.3. The van der Waals surface area contributed by atoms with E-state index < -0.39 is 0 Å². The average molecular weight is 391 g/mol. The van der Waals surface area contributed by atoms with Gasteiger partial charge in [0.1, 0.15) is 5.82 Å². The van der Waals surface area contributed by atoms with Gasteiger partial charge in [0.25, 0.3) is 5.91 Å². The number of carbonyl (C=O) groups excluding carboxylic acids is 2. The van der Waals surface area contributed by atoms with Gasteiger partial charge in [-0.2, -0.15) is 0 Å². The molecule has 2 N–H and O–H groups in total. The lowest BCUT2D eigenvalue weighted by Crippen LogP contribution is -2.26. The Balaban J connectivity index is 1.63. The second-order valence-corrected chi connectivity index (χ2v) is 7.27. The van der Waals surface area contributed by atoms with Crippen LogP contribution >= 0.6 is 11.8 Å². The molecule has 0 saturated carbocycles. The minimum atomic E-state index is -0.162. The summed E-state index contributed by atoms with van der Waals surface area (Å²) < 4.78 is 0. The second kappa shape index (κ2) is 9.71. The first-order valence-electron chi connectivity index (χ1n) is 8.94. The molecular weight excluding hydrogens is 370 g/mol. The van der Waals surface area contributed by atoms with Crippen LogP contribution in [0.1, 0.15) is 22.8 Å². The van der Waals surface area contributed by atoms with Crippen LogP contribution in [0.4, 0.5) is 5.82 Å². The van der Waals surface area contributed by atoms with Crippen LogP contribution in [0.15, 0.2) is 82.7 Å². The van der Waals surface area contributed by atoms with Gasteiger partial charge in [0.15, 0.2) is 0 Å². The third-order valence-corrected chi connectivity index (χ3v) is 5.00. The molecule has 0 aliphatic rings. The Morgan fingerprint density at radius 3 is 2.43 bits per heavy atom. The number of nitrogens with zero attached hydrogens (tertiary/aromatic N) is 1. The maximum absolute atomic E-state index is 12.6. The van der Waals surface area contributed by atoms with Crippen LogP contribution in [0.5, 0.6) is 0 Å². The zero-order chi connectivity index (χ0) is 19.8. The summed E-state index contributed by atoms with van der Waals surface area (Å²) in [6, 6.07) is 21.2. The molecule has 0 atom stereocenters. The molecule has 0 aliphatic carbocycles. The summed E-state index contributed by atoms with van der Waals surface area (Å²) >= 11 is 1.46. The molecule has 5 nitrogen and oxygen atoms in total. The lowest BCUT2D eigenvalue weighted by molar-refractivity contribution is -0.114. The summed E-state index contributed by atoms with van der Waals surface area (Å²) in [7, 11) is 0. The van der Waals surface area contributed by atoms with E-state index in [0.717, 1.165) is 16.2 Å². The van der Waals surface area contributed by atoms with Crippen molar-refractivity contribution in [2.45, 2.75) is 23.1 Å². The molecule has 2 amide bonds. The number of nitrogens with one attached hydrogen (secondary N) is 2. The summed E-state index contributed by atoms with van der Waals surface area (Å²) in [4.78, 5) is 29.7. The third-order valence-electron chi connectivity index (χ3n) is 3.94. The number of anilines is 1. The number of aromatic nitrogens is 1. The molecule has 1 aromatic heterocycles. The van der Waals surface area contributed by atoms with Gasteiger partial charge < -0.3 is 10.6 Å². The maximum Gasteiger partial charge on any atom is 0.252 e. The number of hydrogen-bond acceptors (Lipinski definition) is 4. The summed E-state index contributed by atoms with van der Waals surface area (Å²) in [5.74, 6) is 0.246. The Morgan fingerprint density at radius 1 is 0.964 bits per heavy atom. The molecule has 0 aliphatic heterocycles. The van der Waals surface area contributed by atoms with Crippen LogP contribution in [0.3, 0.4) is 0 Å². The van der Waals surface area contributed by atoms with E-state index in [2.05, 4.69) is 15.6 Å². The summed E-state index contributed by atoms with van der Waals surface area (Å²) in [5, 5.41) is 5.63. The van der Waals surface area contributed by atoms with E-state index >= 15 is 0 Å². The van der Waals surface area contributed by atoms with Gasteiger partial charge in [-0.3, -0.25) is 9.59 Å². The highest BCUT2D eigenvalue weighted by Crippen LogP contribution is 2.30. The third kappa shape index (κ3) is 5.69. The van der Waals surface area contributed by atoms with Crippen molar-refractivity contribution >= 4 is 29.4 Å². The van der Waals surface area contributed by atoms with Crippen LogP contribution in [-0.2, 0) is 11.2 Å². The van der Waals surface area contributed by atoms with Crippen molar-refractivity contribution in [3.8, 4) is 0 Å². The Kier molecular flexibility index (Phi) is 6.81. The first kappa shape index (κ1) is 19.6. The van der Waals surface area contributed by atoms with Crippen molar-refractivity contribution in [3.63, 3.8) is 0 Å². The predicted molar refractivity (Wildman–Crippen MR) is 112 cm³/mol. The minimum absolute atomic E-state index is 0.0955. The van der Waals surface area contributed by atoms with E-state index in [4.69, 9.17) is 0 Å². The Morgan fingerprint density at radius 2 is 1.71 bits per heavy atom. The lowest BCUT2D eigenvalue weighted by atomic mass is 10.1. The SMILES string of the molecule is CC(=O)Nc1ccc(Sc2ccccc2C(=O)NCCc2ccccc2)cn1. The van der Waals surface area contributed by atoms with E-state index in [1.54, 1.807) is 12.3 Å². The number of carbonyl (C=O) groups is 2. The molecule has 6 heteroatoms. The molecule has 2 aromatic carbocycles. The normalized spacial score (nSPS) is 10.3. The molecule has 28 heavy (non-hydrogen) atoms. The number of rotatable bonds is 7. The first-order valence-corrected chi connectivity index (χ1v) is 9.76. The number of amides is 2. The van der Waals surface area contributed by atoms with Gasteiger partial charge in [-0.25, -0.2) is 4.98 Å². The van der Waals surface area contributed by atoms with Crippen molar-refractivity contribution in [2.24, 2.45) is 0 Å². The van der Waals surface area contributed by atoms with Crippen LogP contribution in [0.25, 0.3) is 0 Å². The molecule has 0 saturated heterocycles. The molecule has 0 unspecified atom stereocenters. The highest BCUT2D eigenvalue weighted by atomic mass is 32.2. The van der Waals surface area contributed by atoms with Gasteiger partial charge in [-0.1, -0.05) is 54.2 Å². The van der Waals surface area contributed by atoms with Crippen molar-refractivity contribution in [1.82, 2.24) is 10.3 Å². The monoisotopic (exact) mass is 391 g/mol. The van der Waals surface area contributed by atoms with Crippen molar-refractivity contribution in [3.05, 3.63) is 84.1 Å². The van der Waals surface area contributed by atoms with Crippen molar-refractivity contribution < 1.29 is 9.59 Å². The van der Waals surface area contributed by atoms with Crippen LogP contribution in [0.2, 0.25) is 0 Å². The highest BCUT2D eigenvalue weighted by Gasteiger charge is 2.12. The number of pyridine rings is 1. The molecular formula is C22H21N3O2S. The smallest absolute Gasteiger partial charge is 0.252 e. The van der Waals surface area contributed by atoms with E-state index in [-0.39, 0.29) is 11.8 Å². The Bertz CT molecular complexity index is 944. The van der Waals surface area contributed by atoms with Gasteiger partial charge in [-0.05, 0) is 36.2 Å². The Labute approximate surface area is 168 Å². The highest BCUT2D eigenvalue weighted by molar-refractivity contribution is 7.99. The Hall–Kier alpha value is -3.12. The van der Waals surface area contributed by atoms with Crippen molar-refractivity contribution in [1.29, 1.82) is 0 Å².